The van der Waals surface area contributed by atoms with Gasteiger partial charge in [0.1, 0.15) is 10.9 Å². The number of nitrogens with zero attached hydrogens (tertiary/aromatic N) is 2. The minimum Gasteiger partial charge on any atom is -0.284 e. The predicted octanol–water partition coefficient (Wildman–Crippen LogP) is 0.161. The van der Waals surface area contributed by atoms with Crippen molar-refractivity contribution in [2.24, 2.45) is 0 Å². The summed E-state index contributed by atoms with van der Waals surface area (Å²) in [6.07, 6.45) is 2.70. The van der Waals surface area contributed by atoms with E-state index in [1.807, 2.05) is 0 Å². The average molecular weight is 318 g/mol. The number of rotatable bonds is 3. The highest BCUT2D eigenvalue weighted by atomic mass is 35.5. The lowest BCUT2D eigenvalue weighted by atomic mass is 10.1. The first-order chi connectivity index (χ1) is 9.33. The number of imide groups is 1. The van der Waals surface area contributed by atoms with Crippen molar-refractivity contribution in [3.8, 4) is 0 Å². The number of carbonyl (C=O) groups excluding carboxylic acids is 2. The third kappa shape index (κ3) is 2.82. The first-order valence-electron chi connectivity index (χ1n) is 5.75. The highest BCUT2D eigenvalue weighted by molar-refractivity contribution is 7.89. The number of piperidine rings is 1. The number of nitrogens with one attached hydrogen (secondary N) is 1. The first kappa shape index (κ1) is 14.9. The molecule has 2 heterocycles. The number of sulfonamides is 1. The Morgan fingerprint density at radius 3 is 2.80 bits per heavy atom. The van der Waals surface area contributed by atoms with Crippen LogP contribution in [0.3, 0.4) is 0 Å². The second-order valence-electron chi connectivity index (χ2n) is 4.31. The molecule has 1 fully saturated rings. The van der Waals surface area contributed by atoms with Gasteiger partial charge in [0.2, 0.25) is 21.8 Å². The fourth-order valence-corrected chi connectivity index (χ4v) is 3.49. The quantitative estimate of drug-likeness (QED) is 0.801. The summed E-state index contributed by atoms with van der Waals surface area (Å²) in [6.45, 7) is 0. The van der Waals surface area contributed by atoms with Crippen molar-refractivity contribution >= 4 is 33.4 Å². The third-order valence-electron chi connectivity index (χ3n) is 2.97. The molecule has 7 nitrogen and oxygen atoms in total. The lowest BCUT2D eigenvalue weighted by Gasteiger charge is -2.28. The van der Waals surface area contributed by atoms with Crippen molar-refractivity contribution < 1.29 is 18.0 Å². The molecule has 0 aliphatic carbocycles. The number of likely N-dealkylation sites (N-methyl/N-ethyl adjacent to an activating group) is 1. The largest absolute Gasteiger partial charge is 0.284 e. The molecule has 0 bridgehead atoms. The molecule has 1 N–H and O–H groups in total. The molecule has 1 atom stereocenters. The van der Waals surface area contributed by atoms with Crippen LogP contribution in [0.5, 0.6) is 0 Å². The molecule has 2 rings (SSSR count). The van der Waals surface area contributed by atoms with Gasteiger partial charge in [-0.1, -0.05) is 11.6 Å². The van der Waals surface area contributed by atoms with Gasteiger partial charge in [0.05, 0.1) is 5.02 Å². The summed E-state index contributed by atoms with van der Waals surface area (Å²) in [4.78, 5) is 27.6. The average Bonchev–Trinajstić information content (AvgIpc) is 2.40. The number of pyridine rings is 1. The second-order valence-corrected chi connectivity index (χ2v) is 6.40. The van der Waals surface area contributed by atoms with Gasteiger partial charge in [-0.25, -0.2) is 8.42 Å². The molecule has 2 amide bonds. The molecule has 1 unspecified atom stereocenters. The van der Waals surface area contributed by atoms with Gasteiger partial charge in [0.15, 0.2) is 0 Å². The molecule has 0 radical (unpaired) electrons. The Morgan fingerprint density at radius 1 is 1.45 bits per heavy atom. The maximum absolute atomic E-state index is 12.2. The zero-order chi connectivity index (χ0) is 14.9. The smallest absolute Gasteiger partial charge is 0.247 e. The van der Waals surface area contributed by atoms with Gasteiger partial charge in [-0.3, -0.25) is 19.5 Å². The molecule has 1 saturated heterocycles. The Hall–Kier alpha value is -1.51. The van der Waals surface area contributed by atoms with E-state index in [4.69, 9.17) is 11.6 Å². The van der Waals surface area contributed by atoms with Crippen molar-refractivity contribution in [2.45, 2.75) is 23.8 Å². The molecule has 1 aliphatic heterocycles. The van der Waals surface area contributed by atoms with Crippen LogP contribution in [0, 0.1) is 0 Å². The van der Waals surface area contributed by atoms with Gasteiger partial charge >= 0.3 is 0 Å². The van der Waals surface area contributed by atoms with E-state index in [9.17, 15) is 18.0 Å². The minimum atomic E-state index is -3.97. The van der Waals surface area contributed by atoms with Crippen molar-refractivity contribution in [3.05, 3.63) is 23.5 Å². The molecule has 9 heteroatoms. The molecule has 1 aromatic heterocycles. The van der Waals surface area contributed by atoms with Crippen LogP contribution in [0.15, 0.2) is 23.4 Å². The van der Waals surface area contributed by atoms with Crippen molar-refractivity contribution in [1.29, 1.82) is 0 Å². The monoisotopic (exact) mass is 317 g/mol. The van der Waals surface area contributed by atoms with Crippen molar-refractivity contribution in [1.82, 2.24) is 14.6 Å². The van der Waals surface area contributed by atoms with Crippen molar-refractivity contribution in [2.75, 3.05) is 7.05 Å². The summed E-state index contributed by atoms with van der Waals surface area (Å²) < 4.78 is 26.6. The molecule has 0 spiro atoms. The van der Waals surface area contributed by atoms with E-state index < -0.39 is 22.0 Å². The second kappa shape index (κ2) is 5.47. The molecule has 1 aromatic rings. The fraction of sp³-hybridized carbons (Fsp3) is 0.364. The Morgan fingerprint density at radius 2 is 2.15 bits per heavy atom. The summed E-state index contributed by atoms with van der Waals surface area (Å²) in [7, 11) is -2.65. The van der Waals surface area contributed by atoms with Crippen LogP contribution >= 0.6 is 11.6 Å². The van der Waals surface area contributed by atoms with Gasteiger partial charge in [0, 0.05) is 25.9 Å². The van der Waals surface area contributed by atoms with E-state index in [2.05, 4.69) is 9.71 Å². The van der Waals surface area contributed by atoms with Crippen LogP contribution in [0.2, 0.25) is 5.02 Å². The Kier molecular flexibility index (Phi) is 4.07. The van der Waals surface area contributed by atoms with E-state index in [0.29, 0.717) is 0 Å². The SMILES string of the molecule is CN1C(=O)CCC(NS(=O)(=O)c2cnccc2Cl)C1=O. The summed E-state index contributed by atoms with van der Waals surface area (Å²) in [5.41, 5.74) is 0. The number of hydrogen-bond acceptors (Lipinski definition) is 5. The Balaban J connectivity index is 2.24. The summed E-state index contributed by atoms with van der Waals surface area (Å²) in [6, 6.07) is 0.369. The van der Waals surface area contributed by atoms with Crippen LogP contribution < -0.4 is 4.72 Å². The maximum atomic E-state index is 12.2. The van der Waals surface area contributed by atoms with E-state index >= 15 is 0 Å². The van der Waals surface area contributed by atoms with Gasteiger partial charge in [0.25, 0.3) is 0 Å². The lowest BCUT2D eigenvalue weighted by Crippen LogP contribution is -2.52. The van der Waals surface area contributed by atoms with Gasteiger partial charge in [-0.05, 0) is 12.5 Å². The Labute approximate surface area is 121 Å². The summed E-state index contributed by atoms with van der Waals surface area (Å²) in [5, 5.41) is 0.0141. The number of likely N-dealkylation sites (tertiary alicyclic amines) is 1. The number of amides is 2. The maximum Gasteiger partial charge on any atom is 0.247 e. The van der Waals surface area contributed by atoms with Crippen LogP contribution in [0.25, 0.3) is 0 Å². The van der Waals surface area contributed by atoms with E-state index in [1.165, 1.54) is 19.3 Å². The van der Waals surface area contributed by atoms with Crippen LogP contribution in [0.1, 0.15) is 12.8 Å². The first-order valence-corrected chi connectivity index (χ1v) is 7.61. The van der Waals surface area contributed by atoms with Crippen LogP contribution in [-0.2, 0) is 19.6 Å². The number of hydrogen-bond donors (Lipinski definition) is 1. The van der Waals surface area contributed by atoms with Crippen molar-refractivity contribution in [3.63, 3.8) is 0 Å². The van der Waals surface area contributed by atoms with E-state index in [0.717, 1.165) is 11.1 Å². The molecule has 0 aromatic carbocycles. The molecule has 108 valence electrons. The fourth-order valence-electron chi connectivity index (χ4n) is 1.84. The molecule has 20 heavy (non-hydrogen) atoms. The minimum absolute atomic E-state index is 0.0141. The number of carbonyl (C=O) groups is 2. The van der Waals surface area contributed by atoms with Gasteiger partial charge in [-0.15, -0.1) is 0 Å². The van der Waals surface area contributed by atoms with Crippen LogP contribution in [-0.4, -0.2) is 43.2 Å². The Bertz CT molecular complexity index is 661. The zero-order valence-corrected chi connectivity index (χ0v) is 12.1. The normalized spacial score (nSPS) is 20.3. The molecule has 0 saturated carbocycles. The van der Waals surface area contributed by atoms with Gasteiger partial charge in [-0.2, -0.15) is 4.72 Å². The zero-order valence-electron chi connectivity index (χ0n) is 10.5. The number of halogens is 1. The topological polar surface area (TPSA) is 96.4 Å². The van der Waals surface area contributed by atoms with E-state index in [1.54, 1.807) is 0 Å². The standard InChI is InChI=1S/C11H12ClN3O4S/c1-15-10(16)3-2-8(11(15)17)14-20(18,19)9-6-13-5-4-7(9)12/h4-6,8,14H,2-3H2,1H3. The summed E-state index contributed by atoms with van der Waals surface area (Å²) >= 11 is 5.81. The number of aromatic nitrogens is 1. The summed E-state index contributed by atoms with van der Waals surface area (Å²) in [5.74, 6) is -0.908. The third-order valence-corrected chi connectivity index (χ3v) is 4.91. The highest BCUT2D eigenvalue weighted by Crippen LogP contribution is 2.21. The highest BCUT2D eigenvalue weighted by Gasteiger charge is 2.35. The van der Waals surface area contributed by atoms with Gasteiger partial charge < -0.3 is 0 Å². The molecule has 1 aliphatic rings. The van der Waals surface area contributed by atoms with Crippen LogP contribution in [0.4, 0.5) is 0 Å². The molecular formula is C11H12ClN3O4S. The van der Waals surface area contributed by atoms with E-state index in [-0.39, 0.29) is 28.7 Å². The predicted molar refractivity (Wildman–Crippen MR) is 70.4 cm³/mol. The lowest BCUT2D eigenvalue weighted by molar-refractivity contribution is -0.147. The molecular weight excluding hydrogens is 306 g/mol.